The van der Waals surface area contributed by atoms with Crippen molar-refractivity contribution in [2.24, 2.45) is 5.41 Å². The third kappa shape index (κ3) is 3.60. The number of hydrogen-bond acceptors (Lipinski definition) is 3. The van der Waals surface area contributed by atoms with Crippen LogP contribution in [0.15, 0.2) is 24.3 Å². The molecule has 1 aliphatic heterocycles. The zero-order valence-corrected chi connectivity index (χ0v) is 12.8. The molecule has 0 radical (unpaired) electrons. The van der Waals surface area contributed by atoms with Crippen molar-refractivity contribution < 1.29 is 9.53 Å². The lowest BCUT2D eigenvalue weighted by atomic mass is 9.78. The fourth-order valence-electron chi connectivity index (χ4n) is 2.68. The van der Waals surface area contributed by atoms with Gasteiger partial charge in [0.05, 0.1) is 13.7 Å². The summed E-state index contributed by atoms with van der Waals surface area (Å²) in [5.74, 6) is 0.992. The summed E-state index contributed by atoms with van der Waals surface area (Å²) in [4.78, 5) is 14.5. The molecule has 3 nitrogen and oxygen atoms in total. The molecule has 0 atom stereocenters. The Morgan fingerprint density at radius 1 is 1.25 bits per heavy atom. The summed E-state index contributed by atoms with van der Waals surface area (Å²) in [5, 5.41) is 0. The molecule has 1 aromatic carbocycles. The van der Waals surface area contributed by atoms with E-state index in [2.05, 4.69) is 18.7 Å². The molecule has 110 valence electrons. The fourth-order valence-corrected chi connectivity index (χ4v) is 2.68. The second kappa shape index (κ2) is 6.40. The van der Waals surface area contributed by atoms with Gasteiger partial charge in [-0.05, 0) is 55.6 Å². The first-order chi connectivity index (χ1) is 9.56. The highest BCUT2D eigenvalue weighted by atomic mass is 16.5. The van der Waals surface area contributed by atoms with Crippen LogP contribution >= 0.6 is 0 Å². The summed E-state index contributed by atoms with van der Waals surface area (Å²) >= 11 is 0. The quantitative estimate of drug-likeness (QED) is 0.771. The highest BCUT2D eigenvalue weighted by molar-refractivity contribution is 5.97. The average molecular weight is 275 g/mol. The fraction of sp³-hybridized carbons (Fsp3) is 0.588. The average Bonchev–Trinajstić information content (AvgIpc) is 2.50. The molecule has 1 saturated heterocycles. The van der Waals surface area contributed by atoms with E-state index in [9.17, 15) is 4.79 Å². The maximum Gasteiger partial charge on any atom is 0.176 e. The second-order valence-electron chi connectivity index (χ2n) is 6.09. The number of ketones is 1. The Kier molecular flexibility index (Phi) is 4.81. The minimum Gasteiger partial charge on any atom is -0.497 e. The highest BCUT2D eigenvalue weighted by Gasteiger charge is 2.28. The number of ether oxygens (including phenoxy) is 1. The Labute approximate surface area is 121 Å². The van der Waals surface area contributed by atoms with Crippen LogP contribution in [-0.4, -0.2) is 37.4 Å². The number of carbonyl (C=O) groups is 1. The van der Waals surface area contributed by atoms with Crippen molar-refractivity contribution in [3.8, 4) is 5.75 Å². The zero-order chi connectivity index (χ0) is 14.6. The van der Waals surface area contributed by atoms with Gasteiger partial charge >= 0.3 is 0 Å². The van der Waals surface area contributed by atoms with Gasteiger partial charge in [-0.15, -0.1) is 0 Å². The molecule has 0 saturated carbocycles. The van der Waals surface area contributed by atoms with Crippen molar-refractivity contribution in [3.05, 3.63) is 29.8 Å². The Bertz CT molecular complexity index is 445. The van der Waals surface area contributed by atoms with E-state index >= 15 is 0 Å². The molecule has 0 amide bonds. The number of benzene rings is 1. The van der Waals surface area contributed by atoms with Crippen LogP contribution in [0.2, 0.25) is 0 Å². The molecule has 3 heteroatoms. The molecule has 1 aliphatic rings. The zero-order valence-electron chi connectivity index (χ0n) is 12.8. The summed E-state index contributed by atoms with van der Waals surface area (Å²) in [5.41, 5.74) is 1.24. The SMILES string of the molecule is CCC1(C)CCN(CC(=O)c2ccc(OC)cc2)CC1. The molecule has 1 aromatic rings. The van der Waals surface area contributed by atoms with E-state index < -0.39 is 0 Å². The predicted octanol–water partition coefficient (Wildman–Crippen LogP) is 3.39. The van der Waals surface area contributed by atoms with Gasteiger partial charge in [-0.1, -0.05) is 20.3 Å². The number of Topliss-reactive ketones (excluding diaryl/α,β-unsaturated/α-hetero) is 1. The van der Waals surface area contributed by atoms with E-state index in [1.54, 1.807) is 7.11 Å². The van der Waals surface area contributed by atoms with Crippen molar-refractivity contribution in [2.45, 2.75) is 33.1 Å². The Hall–Kier alpha value is -1.35. The lowest BCUT2D eigenvalue weighted by Gasteiger charge is -2.38. The first-order valence-electron chi connectivity index (χ1n) is 7.46. The van der Waals surface area contributed by atoms with Crippen molar-refractivity contribution in [3.63, 3.8) is 0 Å². The van der Waals surface area contributed by atoms with Crippen molar-refractivity contribution in [1.29, 1.82) is 0 Å². The van der Waals surface area contributed by atoms with Gasteiger partial charge in [-0.25, -0.2) is 0 Å². The van der Waals surface area contributed by atoms with Gasteiger partial charge in [0.1, 0.15) is 5.75 Å². The standard InChI is InChI=1S/C17H25NO2/c1-4-17(2)9-11-18(12-10-17)13-16(19)14-5-7-15(20-3)8-6-14/h5-8H,4,9-13H2,1-3H3. The molecule has 0 aliphatic carbocycles. The number of rotatable bonds is 5. The number of likely N-dealkylation sites (tertiary alicyclic amines) is 1. The smallest absolute Gasteiger partial charge is 0.176 e. The summed E-state index contributed by atoms with van der Waals surface area (Å²) < 4.78 is 5.11. The monoisotopic (exact) mass is 275 g/mol. The minimum atomic E-state index is 0.202. The number of piperidine rings is 1. The number of carbonyl (C=O) groups excluding carboxylic acids is 1. The lowest BCUT2D eigenvalue weighted by molar-refractivity contribution is 0.0813. The van der Waals surface area contributed by atoms with Crippen LogP contribution in [-0.2, 0) is 0 Å². The molecular formula is C17H25NO2. The van der Waals surface area contributed by atoms with Crippen molar-refractivity contribution in [1.82, 2.24) is 4.90 Å². The van der Waals surface area contributed by atoms with E-state index in [1.807, 2.05) is 24.3 Å². The van der Waals surface area contributed by atoms with E-state index in [4.69, 9.17) is 4.74 Å². The van der Waals surface area contributed by atoms with Gasteiger partial charge in [0.25, 0.3) is 0 Å². The predicted molar refractivity (Wildman–Crippen MR) is 81.4 cm³/mol. The Morgan fingerprint density at radius 2 is 1.85 bits per heavy atom. The topological polar surface area (TPSA) is 29.5 Å². The van der Waals surface area contributed by atoms with Crippen LogP contribution < -0.4 is 4.74 Å². The van der Waals surface area contributed by atoms with Gasteiger partial charge in [0.2, 0.25) is 0 Å². The molecule has 0 aromatic heterocycles. The molecule has 0 N–H and O–H groups in total. The maximum atomic E-state index is 12.3. The van der Waals surface area contributed by atoms with Gasteiger partial charge in [-0.2, -0.15) is 0 Å². The molecule has 2 rings (SSSR count). The Balaban J connectivity index is 1.89. The van der Waals surface area contributed by atoms with E-state index in [-0.39, 0.29) is 5.78 Å². The molecule has 1 fully saturated rings. The van der Waals surface area contributed by atoms with Crippen LogP contribution in [0.1, 0.15) is 43.5 Å². The summed E-state index contributed by atoms with van der Waals surface area (Å²) in [6, 6.07) is 7.39. The van der Waals surface area contributed by atoms with Crippen LogP contribution in [0.5, 0.6) is 5.75 Å². The van der Waals surface area contributed by atoms with Crippen LogP contribution in [0.25, 0.3) is 0 Å². The Morgan fingerprint density at radius 3 is 2.35 bits per heavy atom. The number of methoxy groups -OCH3 is 1. The highest BCUT2D eigenvalue weighted by Crippen LogP contribution is 2.33. The molecular weight excluding hydrogens is 250 g/mol. The molecule has 0 spiro atoms. The van der Waals surface area contributed by atoms with Gasteiger partial charge in [0.15, 0.2) is 5.78 Å². The largest absolute Gasteiger partial charge is 0.497 e. The van der Waals surface area contributed by atoms with E-state index in [1.165, 1.54) is 19.3 Å². The molecule has 20 heavy (non-hydrogen) atoms. The molecule has 0 bridgehead atoms. The maximum absolute atomic E-state index is 12.3. The number of hydrogen-bond donors (Lipinski definition) is 0. The van der Waals surface area contributed by atoms with Crippen LogP contribution in [0, 0.1) is 5.41 Å². The van der Waals surface area contributed by atoms with Gasteiger partial charge in [-0.3, -0.25) is 9.69 Å². The van der Waals surface area contributed by atoms with Gasteiger partial charge < -0.3 is 4.74 Å². The third-order valence-electron chi connectivity index (χ3n) is 4.70. The lowest BCUT2D eigenvalue weighted by Crippen LogP contribution is -2.40. The van der Waals surface area contributed by atoms with Crippen molar-refractivity contribution in [2.75, 3.05) is 26.7 Å². The van der Waals surface area contributed by atoms with E-state index in [0.717, 1.165) is 24.4 Å². The van der Waals surface area contributed by atoms with Crippen LogP contribution in [0.3, 0.4) is 0 Å². The normalized spacial score (nSPS) is 18.8. The molecule has 0 unspecified atom stereocenters. The number of nitrogens with zero attached hydrogens (tertiary/aromatic N) is 1. The van der Waals surface area contributed by atoms with Crippen molar-refractivity contribution >= 4 is 5.78 Å². The minimum absolute atomic E-state index is 0.202. The second-order valence-corrected chi connectivity index (χ2v) is 6.09. The summed E-state index contributed by atoms with van der Waals surface area (Å²) in [7, 11) is 1.63. The third-order valence-corrected chi connectivity index (χ3v) is 4.70. The summed E-state index contributed by atoms with van der Waals surface area (Å²) in [6.07, 6.45) is 3.62. The van der Waals surface area contributed by atoms with E-state index in [0.29, 0.717) is 12.0 Å². The van der Waals surface area contributed by atoms with Crippen LogP contribution in [0.4, 0.5) is 0 Å². The molecule has 1 heterocycles. The van der Waals surface area contributed by atoms with Gasteiger partial charge in [0, 0.05) is 5.56 Å². The first kappa shape index (κ1) is 15.0. The summed E-state index contributed by atoms with van der Waals surface area (Å²) in [6.45, 7) is 7.22. The first-order valence-corrected chi connectivity index (χ1v) is 7.46.